The summed E-state index contributed by atoms with van der Waals surface area (Å²) in [5.74, 6) is 1.06. The summed E-state index contributed by atoms with van der Waals surface area (Å²) in [4.78, 5) is 21.7. The standard InChI is InChI=1S/C9H14N2O4/c1-3-6(2)10-9(15)11-7(4-5-12)8(13)14/h1,6-7,12H,4-5H2,2H3,(H,13,14)(H2,10,11,15). The maximum absolute atomic E-state index is 11.1. The average Bonchev–Trinajstić information content (AvgIpc) is 2.16. The van der Waals surface area contributed by atoms with Crippen molar-refractivity contribution < 1.29 is 19.8 Å². The highest BCUT2D eigenvalue weighted by atomic mass is 16.4. The number of hydrogen-bond acceptors (Lipinski definition) is 3. The van der Waals surface area contributed by atoms with Gasteiger partial charge in [-0.1, -0.05) is 5.92 Å². The molecule has 0 radical (unpaired) electrons. The molecular formula is C9H14N2O4. The number of aliphatic hydroxyl groups is 1. The molecule has 0 aliphatic rings. The maximum Gasteiger partial charge on any atom is 0.326 e. The number of carbonyl (C=O) groups excluding carboxylic acids is 1. The van der Waals surface area contributed by atoms with Gasteiger partial charge in [-0.05, 0) is 6.92 Å². The highest BCUT2D eigenvalue weighted by Gasteiger charge is 2.19. The predicted molar refractivity (Wildman–Crippen MR) is 53.1 cm³/mol. The molecule has 6 nitrogen and oxygen atoms in total. The van der Waals surface area contributed by atoms with E-state index in [-0.39, 0.29) is 13.0 Å². The number of amides is 2. The van der Waals surface area contributed by atoms with Gasteiger partial charge >= 0.3 is 12.0 Å². The molecule has 0 rings (SSSR count). The number of aliphatic carboxylic acids is 1. The summed E-state index contributed by atoms with van der Waals surface area (Å²) >= 11 is 0. The molecule has 0 fully saturated rings. The summed E-state index contributed by atoms with van der Waals surface area (Å²) in [6, 6.07) is -2.25. The number of carboxylic acid groups (broad SMARTS) is 1. The fourth-order valence-corrected chi connectivity index (χ4v) is 0.825. The number of carboxylic acids is 1. The molecule has 2 atom stereocenters. The monoisotopic (exact) mass is 214 g/mol. The van der Waals surface area contributed by atoms with Gasteiger partial charge in [-0.15, -0.1) is 6.42 Å². The second kappa shape index (κ2) is 6.68. The van der Waals surface area contributed by atoms with Crippen LogP contribution in [0.4, 0.5) is 4.79 Å². The first kappa shape index (κ1) is 13.3. The van der Waals surface area contributed by atoms with E-state index in [9.17, 15) is 9.59 Å². The number of rotatable bonds is 5. The quantitative estimate of drug-likeness (QED) is 0.448. The van der Waals surface area contributed by atoms with Gasteiger partial charge in [0.25, 0.3) is 0 Å². The normalized spacial score (nSPS) is 13.4. The molecule has 0 aromatic heterocycles. The summed E-state index contributed by atoms with van der Waals surface area (Å²) in [7, 11) is 0. The molecule has 2 amide bonds. The second-order valence-electron chi connectivity index (χ2n) is 2.91. The first-order valence-corrected chi connectivity index (χ1v) is 4.38. The van der Waals surface area contributed by atoms with E-state index in [2.05, 4.69) is 16.6 Å². The molecule has 0 aliphatic heterocycles. The molecular weight excluding hydrogens is 200 g/mol. The van der Waals surface area contributed by atoms with Crippen molar-refractivity contribution in [3.8, 4) is 12.3 Å². The molecule has 2 unspecified atom stereocenters. The molecule has 0 aromatic rings. The van der Waals surface area contributed by atoms with Crippen LogP contribution >= 0.6 is 0 Å². The zero-order valence-electron chi connectivity index (χ0n) is 8.36. The number of hydrogen-bond donors (Lipinski definition) is 4. The molecule has 0 aliphatic carbocycles. The highest BCUT2D eigenvalue weighted by Crippen LogP contribution is 1.91. The van der Waals surface area contributed by atoms with E-state index in [4.69, 9.17) is 16.6 Å². The second-order valence-corrected chi connectivity index (χ2v) is 2.91. The predicted octanol–water partition coefficient (Wildman–Crippen LogP) is -0.857. The lowest BCUT2D eigenvalue weighted by atomic mass is 10.2. The van der Waals surface area contributed by atoms with Gasteiger partial charge in [-0.3, -0.25) is 0 Å². The van der Waals surface area contributed by atoms with Crippen molar-refractivity contribution in [3.05, 3.63) is 0 Å². The van der Waals surface area contributed by atoms with Crippen molar-refractivity contribution in [2.45, 2.75) is 25.4 Å². The summed E-state index contributed by atoms with van der Waals surface area (Å²) in [5.41, 5.74) is 0. The number of terminal acetylenes is 1. The minimum Gasteiger partial charge on any atom is -0.480 e. The zero-order valence-corrected chi connectivity index (χ0v) is 8.36. The lowest BCUT2D eigenvalue weighted by molar-refractivity contribution is -0.139. The molecule has 0 saturated heterocycles. The van der Waals surface area contributed by atoms with Gasteiger partial charge in [0.05, 0.1) is 6.04 Å². The Labute approximate surface area is 87.7 Å². The Bertz CT molecular complexity index is 272. The lowest BCUT2D eigenvalue weighted by Crippen LogP contribution is -2.48. The zero-order chi connectivity index (χ0) is 11.8. The van der Waals surface area contributed by atoms with E-state index in [1.807, 2.05) is 0 Å². The Morgan fingerprint density at radius 1 is 1.47 bits per heavy atom. The van der Waals surface area contributed by atoms with Crippen LogP contribution in [-0.4, -0.2) is 40.9 Å². The van der Waals surface area contributed by atoms with Gasteiger partial charge in [0.15, 0.2) is 0 Å². The van der Waals surface area contributed by atoms with Crippen LogP contribution in [0.2, 0.25) is 0 Å². The first-order valence-electron chi connectivity index (χ1n) is 4.38. The summed E-state index contributed by atoms with van der Waals surface area (Å²) < 4.78 is 0. The number of aliphatic hydroxyl groups excluding tert-OH is 1. The smallest absolute Gasteiger partial charge is 0.326 e. The van der Waals surface area contributed by atoms with E-state index in [0.29, 0.717) is 0 Å². The van der Waals surface area contributed by atoms with Crippen LogP contribution in [0.3, 0.4) is 0 Å². The van der Waals surface area contributed by atoms with E-state index in [1.165, 1.54) is 0 Å². The fourth-order valence-electron chi connectivity index (χ4n) is 0.825. The third kappa shape index (κ3) is 5.54. The Balaban J connectivity index is 4.12. The minimum absolute atomic E-state index is 0.0484. The Morgan fingerprint density at radius 3 is 2.47 bits per heavy atom. The van der Waals surface area contributed by atoms with Crippen molar-refractivity contribution in [1.29, 1.82) is 0 Å². The van der Waals surface area contributed by atoms with Crippen LogP contribution < -0.4 is 10.6 Å². The lowest BCUT2D eigenvalue weighted by Gasteiger charge is -2.15. The third-order valence-corrected chi connectivity index (χ3v) is 1.62. The molecule has 84 valence electrons. The Kier molecular flexibility index (Phi) is 5.90. The van der Waals surface area contributed by atoms with Crippen LogP contribution in [0, 0.1) is 12.3 Å². The average molecular weight is 214 g/mol. The summed E-state index contributed by atoms with van der Waals surface area (Å²) in [5, 5.41) is 21.7. The molecule has 0 spiro atoms. The van der Waals surface area contributed by atoms with Crippen molar-refractivity contribution >= 4 is 12.0 Å². The van der Waals surface area contributed by atoms with Gasteiger partial charge in [-0.25, -0.2) is 9.59 Å². The number of urea groups is 1. The van der Waals surface area contributed by atoms with Crippen molar-refractivity contribution in [2.24, 2.45) is 0 Å². The topological polar surface area (TPSA) is 98.7 Å². The number of nitrogens with one attached hydrogen (secondary N) is 2. The van der Waals surface area contributed by atoms with Crippen molar-refractivity contribution in [3.63, 3.8) is 0 Å². The van der Waals surface area contributed by atoms with E-state index < -0.39 is 24.1 Å². The minimum atomic E-state index is -1.20. The molecule has 15 heavy (non-hydrogen) atoms. The van der Waals surface area contributed by atoms with Gasteiger partial charge in [-0.2, -0.15) is 0 Å². The van der Waals surface area contributed by atoms with Crippen LogP contribution in [-0.2, 0) is 4.79 Å². The Morgan fingerprint density at radius 2 is 2.07 bits per heavy atom. The van der Waals surface area contributed by atoms with Gasteiger partial charge in [0, 0.05) is 13.0 Å². The van der Waals surface area contributed by atoms with E-state index >= 15 is 0 Å². The van der Waals surface area contributed by atoms with Crippen LogP contribution in [0.15, 0.2) is 0 Å². The summed E-state index contributed by atoms with van der Waals surface area (Å²) in [6.07, 6.45) is 4.97. The molecule has 0 aromatic carbocycles. The molecule has 0 bridgehead atoms. The van der Waals surface area contributed by atoms with Crippen LogP contribution in [0.25, 0.3) is 0 Å². The third-order valence-electron chi connectivity index (χ3n) is 1.62. The van der Waals surface area contributed by atoms with Gasteiger partial charge in [0.2, 0.25) is 0 Å². The highest BCUT2D eigenvalue weighted by molar-refractivity contribution is 5.82. The van der Waals surface area contributed by atoms with Gasteiger partial charge in [0.1, 0.15) is 6.04 Å². The first-order chi connectivity index (χ1) is 7.01. The molecule has 6 heteroatoms. The SMILES string of the molecule is C#CC(C)NC(=O)NC(CCO)C(=O)O. The molecule has 4 N–H and O–H groups in total. The summed E-state index contributed by atoms with van der Waals surface area (Å²) in [6.45, 7) is 1.27. The van der Waals surface area contributed by atoms with Crippen LogP contribution in [0.5, 0.6) is 0 Å². The molecule has 0 saturated carbocycles. The van der Waals surface area contributed by atoms with E-state index in [0.717, 1.165) is 0 Å². The molecule has 0 heterocycles. The Hall–Kier alpha value is -1.74. The fraction of sp³-hybridized carbons (Fsp3) is 0.556. The van der Waals surface area contributed by atoms with Crippen LogP contribution in [0.1, 0.15) is 13.3 Å². The van der Waals surface area contributed by atoms with E-state index in [1.54, 1.807) is 6.92 Å². The van der Waals surface area contributed by atoms with Crippen molar-refractivity contribution in [2.75, 3.05) is 6.61 Å². The maximum atomic E-state index is 11.1. The van der Waals surface area contributed by atoms with Gasteiger partial charge < -0.3 is 20.8 Å². The van der Waals surface area contributed by atoms with Crippen molar-refractivity contribution in [1.82, 2.24) is 10.6 Å². The largest absolute Gasteiger partial charge is 0.480 e. The number of carbonyl (C=O) groups is 2.